The summed E-state index contributed by atoms with van der Waals surface area (Å²) in [6.45, 7) is 5.68. The number of thioether (sulfide) groups is 1. The topological polar surface area (TPSA) is 58.2 Å². The minimum absolute atomic E-state index is 0.0272. The van der Waals surface area contributed by atoms with Crippen LogP contribution < -0.4 is 10.6 Å². The van der Waals surface area contributed by atoms with Gasteiger partial charge in [0.15, 0.2) is 0 Å². The van der Waals surface area contributed by atoms with E-state index in [4.69, 9.17) is 0 Å². The lowest BCUT2D eigenvalue weighted by atomic mass is 10.1. The maximum Gasteiger partial charge on any atom is 0.251 e. The highest BCUT2D eigenvalue weighted by Gasteiger charge is 2.14. The summed E-state index contributed by atoms with van der Waals surface area (Å²) in [4.78, 5) is 24.9. The third-order valence-corrected chi connectivity index (χ3v) is 4.37. The molecule has 0 aliphatic rings. The fraction of sp³-hybridized carbons (Fsp3) is 0.300. The van der Waals surface area contributed by atoms with Crippen molar-refractivity contribution in [1.82, 2.24) is 10.6 Å². The first-order valence-corrected chi connectivity index (χ1v) is 9.18. The Morgan fingerprint density at radius 3 is 2.20 bits per heavy atom. The van der Waals surface area contributed by atoms with Gasteiger partial charge in [-0.2, -0.15) is 0 Å². The molecule has 2 N–H and O–H groups in total. The van der Waals surface area contributed by atoms with E-state index in [0.717, 1.165) is 10.6 Å². The van der Waals surface area contributed by atoms with Crippen LogP contribution in [0.1, 0.15) is 36.7 Å². The SMILES string of the molecule is CC(C)(C)NC(=O)CNC(=O)c1ccc(SCc2ccccc2)cc1. The Labute approximate surface area is 153 Å². The predicted octanol–water partition coefficient (Wildman–Crippen LogP) is 3.62. The number of hydrogen-bond acceptors (Lipinski definition) is 3. The molecule has 2 aromatic rings. The number of hydrogen-bond donors (Lipinski definition) is 2. The van der Waals surface area contributed by atoms with Crippen molar-refractivity contribution in [2.45, 2.75) is 37.0 Å². The summed E-state index contributed by atoms with van der Waals surface area (Å²) in [5, 5.41) is 5.45. The van der Waals surface area contributed by atoms with Crippen LogP contribution in [0.5, 0.6) is 0 Å². The Morgan fingerprint density at radius 2 is 1.60 bits per heavy atom. The molecule has 25 heavy (non-hydrogen) atoms. The van der Waals surface area contributed by atoms with Gasteiger partial charge in [0.1, 0.15) is 0 Å². The van der Waals surface area contributed by atoms with Crippen molar-refractivity contribution in [3.63, 3.8) is 0 Å². The zero-order valence-electron chi connectivity index (χ0n) is 14.8. The highest BCUT2D eigenvalue weighted by Crippen LogP contribution is 2.22. The van der Waals surface area contributed by atoms with Gasteiger partial charge in [0.2, 0.25) is 5.91 Å². The van der Waals surface area contributed by atoms with E-state index in [-0.39, 0.29) is 23.9 Å². The molecule has 5 heteroatoms. The third kappa shape index (κ3) is 7.01. The zero-order valence-corrected chi connectivity index (χ0v) is 15.7. The van der Waals surface area contributed by atoms with Crippen LogP contribution in [0.2, 0.25) is 0 Å². The second-order valence-electron chi connectivity index (χ2n) is 6.78. The van der Waals surface area contributed by atoms with Gasteiger partial charge in [-0.25, -0.2) is 0 Å². The van der Waals surface area contributed by atoms with Crippen LogP contribution in [-0.2, 0) is 10.5 Å². The van der Waals surface area contributed by atoms with Gasteiger partial charge in [-0.15, -0.1) is 11.8 Å². The molecule has 0 unspecified atom stereocenters. The monoisotopic (exact) mass is 356 g/mol. The van der Waals surface area contributed by atoms with E-state index in [1.807, 2.05) is 51.1 Å². The molecule has 0 aromatic heterocycles. The van der Waals surface area contributed by atoms with Crippen molar-refractivity contribution in [2.24, 2.45) is 0 Å². The molecule has 2 aromatic carbocycles. The average Bonchev–Trinajstić information content (AvgIpc) is 2.58. The summed E-state index contributed by atoms with van der Waals surface area (Å²) >= 11 is 1.72. The Balaban J connectivity index is 1.82. The molecule has 4 nitrogen and oxygen atoms in total. The Morgan fingerprint density at radius 1 is 0.960 bits per heavy atom. The second kappa shape index (κ2) is 8.72. The van der Waals surface area contributed by atoms with Gasteiger partial charge >= 0.3 is 0 Å². The van der Waals surface area contributed by atoms with Gasteiger partial charge in [-0.05, 0) is 50.6 Å². The van der Waals surface area contributed by atoms with E-state index < -0.39 is 0 Å². The van der Waals surface area contributed by atoms with Crippen LogP contribution in [-0.4, -0.2) is 23.9 Å². The first-order valence-electron chi connectivity index (χ1n) is 8.19. The van der Waals surface area contributed by atoms with Gasteiger partial charge < -0.3 is 10.6 Å². The highest BCUT2D eigenvalue weighted by molar-refractivity contribution is 7.98. The molecule has 0 atom stereocenters. The summed E-state index contributed by atoms with van der Waals surface area (Å²) in [5.41, 5.74) is 1.51. The van der Waals surface area contributed by atoms with Crippen molar-refractivity contribution in [1.29, 1.82) is 0 Å². The fourth-order valence-corrected chi connectivity index (χ4v) is 3.02. The van der Waals surface area contributed by atoms with Gasteiger partial charge in [0, 0.05) is 21.8 Å². The number of nitrogens with one attached hydrogen (secondary N) is 2. The maximum atomic E-state index is 12.1. The maximum absolute atomic E-state index is 12.1. The average molecular weight is 356 g/mol. The Kier molecular flexibility index (Phi) is 6.65. The second-order valence-corrected chi connectivity index (χ2v) is 7.83. The van der Waals surface area contributed by atoms with E-state index in [2.05, 4.69) is 22.8 Å². The largest absolute Gasteiger partial charge is 0.350 e. The number of rotatable bonds is 6. The normalized spacial score (nSPS) is 11.0. The van der Waals surface area contributed by atoms with Gasteiger partial charge in [0.25, 0.3) is 5.91 Å². The highest BCUT2D eigenvalue weighted by atomic mass is 32.2. The summed E-state index contributed by atoms with van der Waals surface area (Å²) < 4.78 is 0. The molecular formula is C20H24N2O2S. The minimum atomic E-state index is -0.306. The van der Waals surface area contributed by atoms with E-state index in [1.54, 1.807) is 23.9 Å². The summed E-state index contributed by atoms with van der Waals surface area (Å²) in [7, 11) is 0. The molecule has 0 heterocycles. The number of carbonyl (C=O) groups is 2. The molecule has 0 bridgehead atoms. The predicted molar refractivity (Wildman–Crippen MR) is 103 cm³/mol. The molecule has 132 valence electrons. The molecule has 0 saturated heterocycles. The van der Waals surface area contributed by atoms with E-state index in [1.165, 1.54) is 5.56 Å². The van der Waals surface area contributed by atoms with Crippen molar-refractivity contribution in [3.05, 3.63) is 65.7 Å². The van der Waals surface area contributed by atoms with E-state index >= 15 is 0 Å². The van der Waals surface area contributed by atoms with E-state index in [0.29, 0.717) is 5.56 Å². The molecule has 0 aliphatic carbocycles. The Hall–Kier alpha value is -2.27. The van der Waals surface area contributed by atoms with E-state index in [9.17, 15) is 9.59 Å². The molecule has 0 fully saturated rings. The number of benzene rings is 2. The molecule has 0 spiro atoms. The summed E-state index contributed by atoms with van der Waals surface area (Å²) in [5.74, 6) is 0.443. The molecule has 0 aliphatic heterocycles. The molecule has 2 amide bonds. The quantitative estimate of drug-likeness (QED) is 0.777. The van der Waals surface area contributed by atoms with Crippen LogP contribution in [0.4, 0.5) is 0 Å². The zero-order chi connectivity index (χ0) is 18.3. The first kappa shape index (κ1) is 19.1. The minimum Gasteiger partial charge on any atom is -0.350 e. The third-order valence-electron chi connectivity index (χ3n) is 3.29. The Bertz CT molecular complexity index is 707. The fourth-order valence-electron chi connectivity index (χ4n) is 2.17. The summed E-state index contributed by atoms with van der Waals surface area (Å²) in [6, 6.07) is 17.7. The first-order chi connectivity index (χ1) is 11.8. The standard InChI is InChI=1S/C20H24N2O2S/c1-20(2,3)22-18(23)13-21-19(24)16-9-11-17(12-10-16)25-14-15-7-5-4-6-8-15/h4-12H,13-14H2,1-3H3,(H,21,24)(H,22,23). The molecule has 0 radical (unpaired) electrons. The lowest BCUT2D eigenvalue weighted by molar-refractivity contribution is -0.121. The van der Waals surface area contributed by atoms with Gasteiger partial charge in [0.05, 0.1) is 6.54 Å². The molecule has 2 rings (SSSR count). The van der Waals surface area contributed by atoms with Crippen LogP contribution >= 0.6 is 11.8 Å². The number of carbonyl (C=O) groups excluding carboxylic acids is 2. The lowest BCUT2D eigenvalue weighted by Gasteiger charge is -2.20. The van der Waals surface area contributed by atoms with Gasteiger partial charge in [-0.1, -0.05) is 30.3 Å². The van der Waals surface area contributed by atoms with Crippen molar-refractivity contribution in [3.8, 4) is 0 Å². The number of amides is 2. The van der Waals surface area contributed by atoms with Crippen molar-refractivity contribution < 1.29 is 9.59 Å². The lowest BCUT2D eigenvalue weighted by Crippen LogP contribution is -2.45. The van der Waals surface area contributed by atoms with Crippen LogP contribution in [0.3, 0.4) is 0 Å². The molecular weight excluding hydrogens is 332 g/mol. The van der Waals surface area contributed by atoms with Gasteiger partial charge in [-0.3, -0.25) is 9.59 Å². The van der Waals surface area contributed by atoms with Crippen LogP contribution in [0, 0.1) is 0 Å². The van der Waals surface area contributed by atoms with Crippen LogP contribution in [0.25, 0.3) is 0 Å². The molecule has 0 saturated carbocycles. The van der Waals surface area contributed by atoms with Crippen LogP contribution in [0.15, 0.2) is 59.5 Å². The van der Waals surface area contributed by atoms with Crippen molar-refractivity contribution >= 4 is 23.6 Å². The smallest absolute Gasteiger partial charge is 0.251 e. The van der Waals surface area contributed by atoms with Crippen molar-refractivity contribution in [2.75, 3.05) is 6.54 Å². The summed E-state index contributed by atoms with van der Waals surface area (Å²) in [6.07, 6.45) is 0.